The first-order chi connectivity index (χ1) is 10.3. The number of hydrogen-bond donors (Lipinski definition) is 2. The van der Waals surface area contributed by atoms with Crippen LogP contribution in [-0.2, 0) is 0 Å². The maximum Gasteiger partial charge on any atom is 0.119 e. The molecule has 0 fully saturated rings. The Labute approximate surface area is 125 Å². The first-order valence-corrected chi connectivity index (χ1v) is 7.20. The van der Waals surface area contributed by atoms with Gasteiger partial charge in [0.1, 0.15) is 11.5 Å². The molecule has 0 radical (unpaired) electrons. The Kier molecular flexibility index (Phi) is 5.60. The van der Waals surface area contributed by atoms with Crippen LogP contribution in [0.3, 0.4) is 0 Å². The summed E-state index contributed by atoms with van der Waals surface area (Å²) >= 11 is 0. The minimum atomic E-state index is -0.0589. The average Bonchev–Trinajstić information content (AvgIpc) is 2.52. The molecular formula is C17H22N2O2. The molecule has 0 aliphatic heterocycles. The van der Waals surface area contributed by atoms with Gasteiger partial charge in [0.25, 0.3) is 0 Å². The third-order valence-corrected chi connectivity index (χ3v) is 3.22. The maximum absolute atomic E-state index is 5.72. The predicted molar refractivity (Wildman–Crippen MR) is 84.4 cm³/mol. The third kappa shape index (κ3) is 3.97. The van der Waals surface area contributed by atoms with E-state index in [1.165, 1.54) is 0 Å². The third-order valence-electron chi connectivity index (χ3n) is 3.22. The van der Waals surface area contributed by atoms with Crippen molar-refractivity contribution in [3.05, 3.63) is 59.7 Å². The molecule has 0 heterocycles. The molecule has 0 saturated carbocycles. The van der Waals surface area contributed by atoms with E-state index in [2.05, 4.69) is 5.43 Å². The zero-order chi connectivity index (χ0) is 15.1. The van der Waals surface area contributed by atoms with Crippen molar-refractivity contribution in [2.75, 3.05) is 13.2 Å². The molecule has 0 aliphatic carbocycles. The van der Waals surface area contributed by atoms with Crippen LogP contribution in [0.1, 0.15) is 31.0 Å². The lowest BCUT2D eigenvalue weighted by molar-refractivity contribution is 0.340. The van der Waals surface area contributed by atoms with Gasteiger partial charge in [-0.05, 0) is 49.2 Å². The van der Waals surface area contributed by atoms with Crippen molar-refractivity contribution in [2.24, 2.45) is 5.84 Å². The van der Waals surface area contributed by atoms with Gasteiger partial charge >= 0.3 is 0 Å². The molecule has 112 valence electrons. The molecule has 4 heteroatoms. The summed E-state index contributed by atoms with van der Waals surface area (Å²) in [6.45, 7) is 5.27. The average molecular weight is 286 g/mol. The van der Waals surface area contributed by atoms with Crippen molar-refractivity contribution < 1.29 is 9.47 Å². The summed E-state index contributed by atoms with van der Waals surface area (Å²) in [5.74, 6) is 7.45. The van der Waals surface area contributed by atoms with Crippen molar-refractivity contribution in [1.82, 2.24) is 5.43 Å². The van der Waals surface area contributed by atoms with Gasteiger partial charge in [-0.15, -0.1) is 0 Å². The van der Waals surface area contributed by atoms with Crippen molar-refractivity contribution in [2.45, 2.75) is 19.9 Å². The van der Waals surface area contributed by atoms with Crippen LogP contribution < -0.4 is 20.7 Å². The summed E-state index contributed by atoms with van der Waals surface area (Å²) in [5, 5.41) is 0. The predicted octanol–water partition coefficient (Wildman–Crippen LogP) is 3.04. The molecule has 21 heavy (non-hydrogen) atoms. The van der Waals surface area contributed by atoms with Crippen LogP contribution in [-0.4, -0.2) is 13.2 Å². The van der Waals surface area contributed by atoms with E-state index in [1.807, 2.05) is 62.4 Å². The molecule has 3 N–H and O–H groups in total. The Bertz CT molecular complexity index is 488. The summed E-state index contributed by atoms with van der Waals surface area (Å²) in [7, 11) is 0. The summed E-state index contributed by atoms with van der Waals surface area (Å²) in [6.07, 6.45) is 0. The topological polar surface area (TPSA) is 56.5 Å². The van der Waals surface area contributed by atoms with Crippen LogP contribution in [0.25, 0.3) is 0 Å². The van der Waals surface area contributed by atoms with Crippen LogP contribution >= 0.6 is 0 Å². The Morgan fingerprint density at radius 2 is 1.19 bits per heavy atom. The van der Waals surface area contributed by atoms with Gasteiger partial charge in [0.05, 0.1) is 19.3 Å². The standard InChI is InChI=1S/C17H22N2O2/c1-3-20-15-9-5-13(6-10-15)17(19-18)14-7-11-16(12-8-14)21-4-2/h5-12,17,19H,3-4,18H2,1-2H3. The quantitative estimate of drug-likeness (QED) is 0.607. The van der Waals surface area contributed by atoms with Crippen molar-refractivity contribution in [3.8, 4) is 11.5 Å². The van der Waals surface area contributed by atoms with Gasteiger partial charge in [0.15, 0.2) is 0 Å². The van der Waals surface area contributed by atoms with E-state index in [1.54, 1.807) is 0 Å². The van der Waals surface area contributed by atoms with Crippen molar-refractivity contribution in [3.63, 3.8) is 0 Å². The van der Waals surface area contributed by atoms with E-state index in [4.69, 9.17) is 15.3 Å². The highest BCUT2D eigenvalue weighted by Crippen LogP contribution is 2.25. The van der Waals surface area contributed by atoms with Gasteiger partial charge in [-0.2, -0.15) is 0 Å². The number of hydrogen-bond acceptors (Lipinski definition) is 4. The molecule has 0 aromatic heterocycles. The normalized spacial score (nSPS) is 10.7. The molecule has 2 rings (SSSR count). The molecule has 0 saturated heterocycles. The highest BCUT2D eigenvalue weighted by Gasteiger charge is 2.12. The highest BCUT2D eigenvalue weighted by atomic mass is 16.5. The lowest BCUT2D eigenvalue weighted by atomic mass is 9.99. The van der Waals surface area contributed by atoms with Crippen LogP contribution in [0.4, 0.5) is 0 Å². The fourth-order valence-electron chi connectivity index (χ4n) is 2.23. The van der Waals surface area contributed by atoms with Gasteiger partial charge in [0.2, 0.25) is 0 Å². The molecular weight excluding hydrogens is 264 g/mol. The second-order valence-corrected chi connectivity index (χ2v) is 4.60. The Morgan fingerprint density at radius 3 is 1.48 bits per heavy atom. The zero-order valence-corrected chi connectivity index (χ0v) is 12.5. The molecule has 0 spiro atoms. The van der Waals surface area contributed by atoms with Gasteiger partial charge in [-0.3, -0.25) is 5.84 Å². The lowest BCUT2D eigenvalue weighted by Gasteiger charge is -2.18. The van der Waals surface area contributed by atoms with E-state index in [0.29, 0.717) is 13.2 Å². The minimum Gasteiger partial charge on any atom is -0.494 e. The molecule has 2 aromatic rings. The lowest BCUT2D eigenvalue weighted by Crippen LogP contribution is -2.28. The number of nitrogens with two attached hydrogens (primary N) is 1. The summed E-state index contributed by atoms with van der Waals surface area (Å²) < 4.78 is 10.9. The largest absolute Gasteiger partial charge is 0.494 e. The summed E-state index contributed by atoms with van der Waals surface area (Å²) in [4.78, 5) is 0. The maximum atomic E-state index is 5.72. The molecule has 0 bridgehead atoms. The van der Waals surface area contributed by atoms with Crippen molar-refractivity contribution >= 4 is 0 Å². The van der Waals surface area contributed by atoms with Gasteiger partial charge in [-0.25, -0.2) is 5.43 Å². The Balaban J connectivity index is 2.18. The van der Waals surface area contributed by atoms with Crippen molar-refractivity contribution in [1.29, 1.82) is 0 Å². The molecule has 4 nitrogen and oxygen atoms in total. The fraction of sp³-hybridized carbons (Fsp3) is 0.294. The number of hydrazine groups is 1. The van der Waals surface area contributed by atoms with Crippen LogP contribution in [0, 0.1) is 0 Å². The van der Waals surface area contributed by atoms with Gasteiger partial charge in [-0.1, -0.05) is 24.3 Å². The minimum absolute atomic E-state index is 0.0589. The summed E-state index contributed by atoms with van der Waals surface area (Å²) in [6, 6.07) is 15.8. The van der Waals surface area contributed by atoms with E-state index in [9.17, 15) is 0 Å². The number of ether oxygens (including phenoxy) is 2. The monoisotopic (exact) mass is 286 g/mol. The second kappa shape index (κ2) is 7.67. The first kappa shape index (κ1) is 15.4. The van der Waals surface area contributed by atoms with Crippen LogP contribution in [0.15, 0.2) is 48.5 Å². The smallest absolute Gasteiger partial charge is 0.119 e. The molecule has 2 aromatic carbocycles. The zero-order valence-electron chi connectivity index (χ0n) is 12.5. The molecule has 0 unspecified atom stereocenters. The molecule has 0 aliphatic rings. The van der Waals surface area contributed by atoms with Gasteiger partial charge < -0.3 is 9.47 Å². The second-order valence-electron chi connectivity index (χ2n) is 4.60. The van der Waals surface area contributed by atoms with Crippen LogP contribution in [0.5, 0.6) is 11.5 Å². The van der Waals surface area contributed by atoms with E-state index < -0.39 is 0 Å². The number of benzene rings is 2. The Morgan fingerprint density at radius 1 is 0.810 bits per heavy atom. The molecule has 0 atom stereocenters. The van der Waals surface area contributed by atoms with Crippen LogP contribution in [0.2, 0.25) is 0 Å². The Hall–Kier alpha value is -2.04. The highest BCUT2D eigenvalue weighted by molar-refractivity contribution is 5.37. The fourth-order valence-corrected chi connectivity index (χ4v) is 2.23. The number of nitrogens with one attached hydrogen (secondary N) is 1. The number of rotatable bonds is 7. The van der Waals surface area contributed by atoms with Gasteiger partial charge in [0, 0.05) is 0 Å². The summed E-state index contributed by atoms with van der Waals surface area (Å²) in [5.41, 5.74) is 5.03. The SMILES string of the molecule is CCOc1ccc(C(NN)c2ccc(OCC)cc2)cc1. The van der Waals surface area contributed by atoms with E-state index >= 15 is 0 Å². The van der Waals surface area contributed by atoms with E-state index in [0.717, 1.165) is 22.6 Å². The van der Waals surface area contributed by atoms with E-state index in [-0.39, 0.29) is 6.04 Å². The molecule has 0 amide bonds. The first-order valence-electron chi connectivity index (χ1n) is 7.20.